The molecule has 19 heavy (non-hydrogen) atoms. The topological polar surface area (TPSA) is 17.8 Å². The molecule has 0 saturated carbocycles. The van der Waals surface area contributed by atoms with E-state index in [1.54, 1.807) is 0 Å². The Bertz CT molecular complexity index is 752. The van der Waals surface area contributed by atoms with E-state index < -0.39 is 0 Å². The fourth-order valence-corrected chi connectivity index (χ4v) is 2.97. The Balaban J connectivity index is 2.32. The van der Waals surface area contributed by atoms with Gasteiger partial charge in [0, 0.05) is 14.3 Å². The predicted molar refractivity (Wildman–Crippen MR) is 88.4 cm³/mol. The summed E-state index contributed by atoms with van der Waals surface area (Å²) in [5.41, 5.74) is 2.94. The van der Waals surface area contributed by atoms with Gasteiger partial charge in [-0.2, -0.15) is 0 Å². The Morgan fingerprint density at radius 1 is 1.16 bits per heavy atom. The summed E-state index contributed by atoms with van der Waals surface area (Å²) in [6.45, 7) is 0. The Kier molecular flexibility index (Phi) is 3.69. The summed E-state index contributed by atoms with van der Waals surface area (Å²) in [4.78, 5) is 4.54. The van der Waals surface area contributed by atoms with Crippen LogP contribution in [0.1, 0.15) is 5.82 Å². The molecule has 96 valence electrons. The number of benzene rings is 2. The number of rotatable bonds is 2. The molecule has 0 amide bonds. The molecule has 2 nitrogen and oxygen atoms in total. The number of alkyl halides is 1. The van der Waals surface area contributed by atoms with Gasteiger partial charge in [0.2, 0.25) is 0 Å². The normalized spacial score (nSPS) is 11.1. The number of hydrogen-bond donors (Lipinski definition) is 0. The molecule has 0 aliphatic heterocycles. The first-order valence-corrected chi connectivity index (χ1v) is 7.67. The fourth-order valence-electron chi connectivity index (χ4n) is 2.10. The summed E-state index contributed by atoms with van der Waals surface area (Å²) in [6.07, 6.45) is 0. The summed E-state index contributed by atoms with van der Waals surface area (Å²) in [7, 11) is 0. The average Bonchev–Trinajstić information content (AvgIpc) is 2.76. The minimum atomic E-state index is 0.359. The van der Waals surface area contributed by atoms with Crippen molar-refractivity contribution in [1.29, 1.82) is 0 Å². The number of hydrogen-bond acceptors (Lipinski definition) is 1. The summed E-state index contributed by atoms with van der Waals surface area (Å²) in [5, 5.41) is 0.681. The standard InChI is InChI=1S/C14H9Cl2IN2/c15-8-14-18-12-6-9(16)4-5-13(12)19(14)11-3-1-2-10(17)7-11/h1-7H,8H2. The molecule has 0 aliphatic rings. The maximum absolute atomic E-state index is 6.01. The Morgan fingerprint density at radius 3 is 2.74 bits per heavy atom. The summed E-state index contributed by atoms with van der Waals surface area (Å²) < 4.78 is 3.24. The van der Waals surface area contributed by atoms with Crippen LogP contribution in [0.25, 0.3) is 16.7 Å². The molecule has 3 rings (SSSR count). The lowest BCUT2D eigenvalue weighted by atomic mass is 10.3. The van der Waals surface area contributed by atoms with E-state index in [9.17, 15) is 0 Å². The van der Waals surface area contributed by atoms with Crippen molar-refractivity contribution < 1.29 is 0 Å². The van der Waals surface area contributed by atoms with Crippen LogP contribution < -0.4 is 0 Å². The van der Waals surface area contributed by atoms with Crippen molar-refractivity contribution in [3.63, 3.8) is 0 Å². The third-order valence-electron chi connectivity index (χ3n) is 2.87. The Morgan fingerprint density at radius 2 is 2.00 bits per heavy atom. The van der Waals surface area contributed by atoms with Crippen LogP contribution in [-0.4, -0.2) is 9.55 Å². The van der Waals surface area contributed by atoms with Gasteiger partial charge in [0.1, 0.15) is 5.82 Å². The molecule has 0 saturated heterocycles. The summed E-state index contributed by atoms with van der Waals surface area (Å²) in [5.74, 6) is 1.18. The van der Waals surface area contributed by atoms with E-state index in [2.05, 4.69) is 44.3 Å². The second-order valence-corrected chi connectivity index (χ2v) is 6.06. The minimum absolute atomic E-state index is 0.359. The van der Waals surface area contributed by atoms with Crippen LogP contribution in [0.4, 0.5) is 0 Å². The van der Waals surface area contributed by atoms with Crippen LogP contribution in [-0.2, 0) is 5.88 Å². The van der Waals surface area contributed by atoms with E-state index in [4.69, 9.17) is 23.2 Å². The van der Waals surface area contributed by atoms with Gasteiger partial charge in [-0.1, -0.05) is 17.7 Å². The molecule has 1 aromatic heterocycles. The zero-order chi connectivity index (χ0) is 13.4. The second kappa shape index (κ2) is 5.31. The molecule has 1 heterocycles. The van der Waals surface area contributed by atoms with Gasteiger partial charge in [-0.05, 0) is 59.0 Å². The van der Waals surface area contributed by atoms with Crippen LogP contribution in [0, 0.1) is 3.57 Å². The molecule has 5 heteroatoms. The first kappa shape index (κ1) is 13.2. The van der Waals surface area contributed by atoms with Crippen molar-refractivity contribution in [2.75, 3.05) is 0 Å². The van der Waals surface area contributed by atoms with E-state index in [1.165, 1.54) is 3.57 Å². The van der Waals surface area contributed by atoms with Crippen LogP contribution in [0.15, 0.2) is 42.5 Å². The van der Waals surface area contributed by atoms with Crippen LogP contribution in [0.2, 0.25) is 5.02 Å². The molecule has 0 bridgehead atoms. The highest BCUT2D eigenvalue weighted by Gasteiger charge is 2.12. The maximum atomic E-state index is 6.01. The molecule has 3 aromatic rings. The molecule has 0 radical (unpaired) electrons. The van der Waals surface area contributed by atoms with Gasteiger partial charge >= 0.3 is 0 Å². The van der Waals surface area contributed by atoms with Gasteiger partial charge in [-0.15, -0.1) is 11.6 Å². The van der Waals surface area contributed by atoms with Crippen LogP contribution >= 0.6 is 45.8 Å². The molecule has 0 spiro atoms. The van der Waals surface area contributed by atoms with Crippen LogP contribution in [0.5, 0.6) is 0 Å². The molecular formula is C14H9Cl2IN2. The summed E-state index contributed by atoms with van der Waals surface area (Å²) in [6, 6.07) is 13.9. The van der Waals surface area contributed by atoms with Crippen molar-refractivity contribution in [3.8, 4) is 5.69 Å². The number of halogens is 3. The molecular weight excluding hydrogens is 394 g/mol. The number of aromatic nitrogens is 2. The lowest BCUT2D eigenvalue weighted by molar-refractivity contribution is 0.981. The van der Waals surface area contributed by atoms with Crippen molar-refractivity contribution in [1.82, 2.24) is 9.55 Å². The highest BCUT2D eigenvalue weighted by molar-refractivity contribution is 14.1. The zero-order valence-electron chi connectivity index (χ0n) is 9.78. The van der Waals surface area contributed by atoms with Gasteiger partial charge in [-0.3, -0.25) is 4.57 Å². The van der Waals surface area contributed by atoms with Crippen molar-refractivity contribution >= 4 is 56.8 Å². The number of imidazole rings is 1. The van der Waals surface area contributed by atoms with Crippen molar-refractivity contribution in [2.24, 2.45) is 0 Å². The molecule has 2 aromatic carbocycles. The van der Waals surface area contributed by atoms with Gasteiger partial charge in [0.05, 0.1) is 16.9 Å². The fraction of sp³-hybridized carbons (Fsp3) is 0.0714. The third kappa shape index (κ3) is 2.47. The van der Waals surface area contributed by atoms with Gasteiger partial charge in [0.25, 0.3) is 0 Å². The smallest absolute Gasteiger partial charge is 0.129 e. The molecule has 0 atom stereocenters. The van der Waals surface area contributed by atoms with Crippen LogP contribution in [0.3, 0.4) is 0 Å². The molecule has 0 fully saturated rings. The first-order chi connectivity index (χ1) is 9.19. The quantitative estimate of drug-likeness (QED) is 0.434. The SMILES string of the molecule is ClCc1nc2cc(Cl)ccc2n1-c1cccc(I)c1. The second-order valence-electron chi connectivity index (χ2n) is 4.11. The van der Waals surface area contributed by atoms with E-state index in [1.807, 2.05) is 30.3 Å². The molecule has 0 unspecified atom stereocenters. The minimum Gasteiger partial charge on any atom is -0.295 e. The van der Waals surface area contributed by atoms with Gasteiger partial charge in [0.15, 0.2) is 0 Å². The first-order valence-electron chi connectivity index (χ1n) is 5.68. The third-order valence-corrected chi connectivity index (χ3v) is 4.02. The van der Waals surface area contributed by atoms with E-state index >= 15 is 0 Å². The maximum Gasteiger partial charge on any atom is 0.129 e. The predicted octanol–water partition coefficient (Wildman–Crippen LogP) is 5.02. The largest absolute Gasteiger partial charge is 0.295 e. The van der Waals surface area contributed by atoms with E-state index in [0.717, 1.165) is 22.5 Å². The lowest BCUT2D eigenvalue weighted by Gasteiger charge is -2.08. The number of nitrogens with zero attached hydrogens (tertiary/aromatic N) is 2. The van der Waals surface area contributed by atoms with E-state index in [-0.39, 0.29) is 0 Å². The monoisotopic (exact) mass is 402 g/mol. The highest BCUT2D eigenvalue weighted by atomic mass is 127. The summed E-state index contributed by atoms with van der Waals surface area (Å²) >= 11 is 14.3. The van der Waals surface area contributed by atoms with E-state index in [0.29, 0.717) is 10.9 Å². The van der Waals surface area contributed by atoms with Crippen molar-refractivity contribution in [2.45, 2.75) is 5.88 Å². The number of fused-ring (bicyclic) bond motifs is 1. The highest BCUT2D eigenvalue weighted by Crippen LogP contribution is 2.25. The van der Waals surface area contributed by atoms with Gasteiger partial charge < -0.3 is 0 Å². The zero-order valence-corrected chi connectivity index (χ0v) is 13.4. The Labute approximate surface area is 134 Å². The lowest BCUT2D eigenvalue weighted by Crippen LogP contribution is -1.99. The average molecular weight is 403 g/mol. The molecule has 0 N–H and O–H groups in total. The molecule has 0 aliphatic carbocycles. The Hall–Kier alpha value is -0.780. The van der Waals surface area contributed by atoms with Crippen molar-refractivity contribution in [3.05, 3.63) is 56.9 Å². The van der Waals surface area contributed by atoms with Gasteiger partial charge in [-0.25, -0.2) is 4.98 Å².